The van der Waals surface area contributed by atoms with Gasteiger partial charge in [0.2, 0.25) is 0 Å². The summed E-state index contributed by atoms with van der Waals surface area (Å²) in [7, 11) is 0. The van der Waals surface area contributed by atoms with Crippen LogP contribution < -0.4 is 9.47 Å². The largest absolute Gasteiger partial charge is 0.494 e. The number of ether oxygens (including phenoxy) is 2. The summed E-state index contributed by atoms with van der Waals surface area (Å²) in [5.74, 6) is 2.12. The molecule has 0 aromatic heterocycles. The monoisotopic (exact) mass is 354 g/mol. The Hall–Kier alpha value is -2.29. The van der Waals surface area contributed by atoms with E-state index in [-0.39, 0.29) is 5.97 Å². The Balaban J connectivity index is 1.80. The van der Waals surface area contributed by atoms with Crippen molar-refractivity contribution in [2.45, 2.75) is 59.3 Å². The number of carbonyl (C=O) groups excluding carboxylic acids is 1. The van der Waals surface area contributed by atoms with Crippen LogP contribution in [0, 0.1) is 6.92 Å². The van der Waals surface area contributed by atoms with Crippen molar-refractivity contribution in [2.75, 3.05) is 6.61 Å². The molecule has 140 valence electrons. The minimum atomic E-state index is -0.215. The van der Waals surface area contributed by atoms with Crippen molar-refractivity contribution < 1.29 is 14.3 Å². The van der Waals surface area contributed by atoms with Crippen LogP contribution in [0.1, 0.15) is 69.1 Å². The fourth-order valence-corrected chi connectivity index (χ4v) is 3.02. The molecule has 0 aliphatic carbocycles. The Labute approximate surface area is 157 Å². The third-order valence-electron chi connectivity index (χ3n) is 4.42. The standard InChI is InChI=1S/C23H30O3/c1-16(2)20-13-12-19(15-18(20)5)25-14-8-11-23(24)26-22-10-7-6-9-21(22)17(3)4/h6-7,9-10,12-13,15-17H,8,11,14H2,1-5H3. The second-order valence-electron chi connectivity index (χ2n) is 7.29. The lowest BCUT2D eigenvalue weighted by molar-refractivity contribution is -0.134. The van der Waals surface area contributed by atoms with Gasteiger partial charge in [-0.1, -0.05) is 52.0 Å². The molecule has 0 saturated heterocycles. The number of para-hydroxylation sites is 1. The van der Waals surface area contributed by atoms with Crippen LogP contribution in [0.25, 0.3) is 0 Å². The van der Waals surface area contributed by atoms with Gasteiger partial charge in [0.1, 0.15) is 11.5 Å². The highest BCUT2D eigenvalue weighted by Crippen LogP contribution is 2.26. The SMILES string of the molecule is Cc1cc(OCCCC(=O)Oc2ccccc2C(C)C)ccc1C(C)C. The Morgan fingerprint density at radius 1 is 0.962 bits per heavy atom. The van der Waals surface area contributed by atoms with Crippen molar-refractivity contribution in [3.8, 4) is 11.5 Å². The van der Waals surface area contributed by atoms with Crippen LogP contribution in [0.3, 0.4) is 0 Å². The van der Waals surface area contributed by atoms with E-state index in [4.69, 9.17) is 9.47 Å². The first-order chi connectivity index (χ1) is 12.4. The summed E-state index contributed by atoms with van der Waals surface area (Å²) >= 11 is 0. The topological polar surface area (TPSA) is 35.5 Å². The van der Waals surface area contributed by atoms with E-state index in [0.717, 1.165) is 11.3 Å². The van der Waals surface area contributed by atoms with Gasteiger partial charge in [-0.05, 0) is 60.1 Å². The molecule has 0 saturated carbocycles. The van der Waals surface area contributed by atoms with Crippen molar-refractivity contribution in [1.29, 1.82) is 0 Å². The lowest BCUT2D eigenvalue weighted by Gasteiger charge is -2.13. The third-order valence-corrected chi connectivity index (χ3v) is 4.42. The van der Waals surface area contributed by atoms with Crippen LogP contribution in [-0.2, 0) is 4.79 Å². The maximum atomic E-state index is 12.1. The fourth-order valence-electron chi connectivity index (χ4n) is 3.02. The van der Waals surface area contributed by atoms with E-state index >= 15 is 0 Å². The van der Waals surface area contributed by atoms with Gasteiger partial charge in [-0.2, -0.15) is 0 Å². The number of aryl methyl sites for hydroxylation is 1. The second kappa shape index (κ2) is 9.42. The molecule has 26 heavy (non-hydrogen) atoms. The number of hydrogen-bond acceptors (Lipinski definition) is 3. The van der Waals surface area contributed by atoms with Crippen molar-refractivity contribution in [1.82, 2.24) is 0 Å². The minimum Gasteiger partial charge on any atom is -0.494 e. The van der Waals surface area contributed by atoms with E-state index in [1.165, 1.54) is 11.1 Å². The highest BCUT2D eigenvalue weighted by atomic mass is 16.5. The van der Waals surface area contributed by atoms with Crippen LogP contribution in [0.15, 0.2) is 42.5 Å². The molecule has 2 aromatic rings. The Morgan fingerprint density at radius 3 is 2.31 bits per heavy atom. The van der Waals surface area contributed by atoms with E-state index in [0.29, 0.717) is 37.0 Å². The van der Waals surface area contributed by atoms with Gasteiger partial charge in [0.15, 0.2) is 0 Å². The molecule has 0 aliphatic heterocycles. The molecule has 3 nitrogen and oxygen atoms in total. The Morgan fingerprint density at radius 2 is 1.65 bits per heavy atom. The average Bonchev–Trinajstić information content (AvgIpc) is 2.58. The van der Waals surface area contributed by atoms with Gasteiger partial charge in [0.25, 0.3) is 0 Å². The summed E-state index contributed by atoms with van der Waals surface area (Å²) in [4.78, 5) is 12.1. The summed E-state index contributed by atoms with van der Waals surface area (Å²) in [6.45, 7) is 11.2. The summed E-state index contributed by atoms with van der Waals surface area (Å²) < 4.78 is 11.3. The second-order valence-corrected chi connectivity index (χ2v) is 7.29. The zero-order valence-corrected chi connectivity index (χ0v) is 16.5. The van der Waals surface area contributed by atoms with Crippen LogP contribution in [0.5, 0.6) is 11.5 Å². The molecule has 2 aromatic carbocycles. The van der Waals surface area contributed by atoms with Crippen LogP contribution >= 0.6 is 0 Å². The molecular formula is C23H30O3. The molecule has 0 N–H and O–H groups in total. The predicted molar refractivity (Wildman–Crippen MR) is 106 cm³/mol. The van der Waals surface area contributed by atoms with E-state index < -0.39 is 0 Å². The van der Waals surface area contributed by atoms with Gasteiger partial charge < -0.3 is 9.47 Å². The molecule has 0 amide bonds. The van der Waals surface area contributed by atoms with Crippen molar-refractivity contribution >= 4 is 5.97 Å². The Bertz CT molecular complexity index is 732. The zero-order valence-electron chi connectivity index (χ0n) is 16.5. The molecule has 0 unspecified atom stereocenters. The van der Waals surface area contributed by atoms with Crippen molar-refractivity contribution in [3.05, 3.63) is 59.2 Å². The van der Waals surface area contributed by atoms with Crippen LogP contribution in [0.2, 0.25) is 0 Å². The van der Waals surface area contributed by atoms with Crippen molar-refractivity contribution in [3.63, 3.8) is 0 Å². The highest BCUT2D eigenvalue weighted by molar-refractivity contribution is 5.72. The molecule has 0 spiro atoms. The molecule has 0 radical (unpaired) electrons. The molecule has 0 atom stereocenters. The van der Waals surface area contributed by atoms with Gasteiger partial charge in [0.05, 0.1) is 6.61 Å². The van der Waals surface area contributed by atoms with Crippen LogP contribution in [-0.4, -0.2) is 12.6 Å². The average molecular weight is 354 g/mol. The molecule has 0 bridgehead atoms. The highest BCUT2D eigenvalue weighted by Gasteiger charge is 2.11. The smallest absolute Gasteiger partial charge is 0.311 e. The van der Waals surface area contributed by atoms with Gasteiger partial charge >= 0.3 is 5.97 Å². The molecule has 0 aliphatic rings. The first-order valence-corrected chi connectivity index (χ1v) is 9.41. The van der Waals surface area contributed by atoms with E-state index in [1.54, 1.807) is 0 Å². The molecule has 0 heterocycles. The zero-order chi connectivity index (χ0) is 19.1. The number of esters is 1. The maximum Gasteiger partial charge on any atom is 0.311 e. The number of hydrogen-bond donors (Lipinski definition) is 0. The van der Waals surface area contributed by atoms with E-state index in [1.807, 2.05) is 30.3 Å². The lowest BCUT2D eigenvalue weighted by atomic mass is 9.98. The minimum absolute atomic E-state index is 0.215. The predicted octanol–water partition coefficient (Wildman–Crippen LogP) is 6.01. The molecular weight excluding hydrogens is 324 g/mol. The van der Waals surface area contributed by atoms with E-state index in [2.05, 4.69) is 46.8 Å². The molecule has 0 fully saturated rings. The number of rotatable bonds is 8. The van der Waals surface area contributed by atoms with Gasteiger partial charge in [-0.15, -0.1) is 0 Å². The van der Waals surface area contributed by atoms with E-state index in [9.17, 15) is 4.79 Å². The first-order valence-electron chi connectivity index (χ1n) is 9.41. The quantitative estimate of drug-likeness (QED) is 0.331. The fraction of sp³-hybridized carbons (Fsp3) is 0.435. The van der Waals surface area contributed by atoms with Gasteiger partial charge in [-0.3, -0.25) is 4.79 Å². The first kappa shape index (κ1) is 20.0. The Kier molecular flexibility index (Phi) is 7.26. The number of carbonyl (C=O) groups is 1. The number of benzene rings is 2. The normalized spacial score (nSPS) is 11.0. The van der Waals surface area contributed by atoms with Crippen molar-refractivity contribution in [2.24, 2.45) is 0 Å². The van der Waals surface area contributed by atoms with Crippen LogP contribution in [0.4, 0.5) is 0 Å². The summed E-state index contributed by atoms with van der Waals surface area (Å²) in [6, 6.07) is 13.9. The van der Waals surface area contributed by atoms with Gasteiger partial charge in [-0.25, -0.2) is 0 Å². The summed E-state index contributed by atoms with van der Waals surface area (Å²) in [5.41, 5.74) is 3.63. The molecule has 2 rings (SSSR count). The maximum absolute atomic E-state index is 12.1. The van der Waals surface area contributed by atoms with Gasteiger partial charge in [0, 0.05) is 6.42 Å². The third kappa shape index (κ3) is 5.62. The summed E-state index contributed by atoms with van der Waals surface area (Å²) in [6.07, 6.45) is 0.975. The summed E-state index contributed by atoms with van der Waals surface area (Å²) in [5, 5.41) is 0. The lowest BCUT2D eigenvalue weighted by Crippen LogP contribution is -2.11. The molecule has 3 heteroatoms.